The monoisotopic (exact) mass is 350 g/mol. The SMILES string of the molecule is CCn1cc(C(=O)N2CCOC(C(=O)NC)C2)c(C2CCOCC2)n1. The second-order valence-electron chi connectivity index (χ2n) is 6.40. The lowest BCUT2D eigenvalue weighted by Crippen LogP contribution is -2.51. The van der Waals surface area contributed by atoms with Crippen LogP contribution in [0.2, 0.25) is 0 Å². The minimum absolute atomic E-state index is 0.0709. The van der Waals surface area contributed by atoms with Crippen molar-refractivity contribution in [1.29, 1.82) is 0 Å². The lowest BCUT2D eigenvalue weighted by atomic mass is 9.93. The number of amides is 2. The molecule has 3 heterocycles. The average molecular weight is 350 g/mol. The predicted octanol–water partition coefficient (Wildman–Crippen LogP) is 0.384. The standard InChI is InChI=1S/C17H26N4O4/c1-3-21-10-13(15(19-21)12-4-7-24-8-5-12)17(23)20-6-9-25-14(11-20)16(22)18-2/h10,12,14H,3-9,11H2,1-2H3,(H,18,22). The van der Waals surface area contributed by atoms with Crippen LogP contribution < -0.4 is 5.32 Å². The summed E-state index contributed by atoms with van der Waals surface area (Å²) in [6.07, 6.45) is 2.98. The van der Waals surface area contributed by atoms with Crippen LogP contribution in [0.15, 0.2) is 6.20 Å². The highest BCUT2D eigenvalue weighted by molar-refractivity contribution is 5.96. The normalized spacial score (nSPS) is 22.0. The van der Waals surface area contributed by atoms with E-state index in [1.165, 1.54) is 0 Å². The topological polar surface area (TPSA) is 85.7 Å². The number of likely N-dealkylation sites (N-methyl/N-ethyl adjacent to an activating group) is 1. The molecule has 0 bridgehead atoms. The van der Waals surface area contributed by atoms with Gasteiger partial charge in [0, 0.05) is 45.5 Å². The maximum Gasteiger partial charge on any atom is 0.257 e. The van der Waals surface area contributed by atoms with Crippen molar-refractivity contribution in [2.24, 2.45) is 0 Å². The number of nitrogens with zero attached hydrogens (tertiary/aromatic N) is 3. The molecule has 1 N–H and O–H groups in total. The minimum atomic E-state index is -0.615. The van der Waals surface area contributed by atoms with Crippen molar-refractivity contribution in [2.45, 2.75) is 38.3 Å². The van der Waals surface area contributed by atoms with Crippen molar-refractivity contribution < 1.29 is 19.1 Å². The fourth-order valence-corrected chi connectivity index (χ4v) is 3.36. The third-order valence-corrected chi connectivity index (χ3v) is 4.85. The summed E-state index contributed by atoms with van der Waals surface area (Å²) in [5.41, 5.74) is 1.50. The molecule has 0 radical (unpaired) electrons. The molecule has 1 aromatic heterocycles. The van der Waals surface area contributed by atoms with E-state index < -0.39 is 6.10 Å². The predicted molar refractivity (Wildman–Crippen MR) is 90.4 cm³/mol. The first-order chi connectivity index (χ1) is 12.1. The lowest BCUT2D eigenvalue weighted by molar-refractivity contribution is -0.136. The molecule has 1 aromatic rings. The molecule has 2 saturated heterocycles. The Balaban J connectivity index is 1.81. The van der Waals surface area contributed by atoms with E-state index >= 15 is 0 Å². The van der Waals surface area contributed by atoms with Crippen LogP contribution in [0.5, 0.6) is 0 Å². The van der Waals surface area contributed by atoms with E-state index in [4.69, 9.17) is 9.47 Å². The number of ether oxygens (including phenoxy) is 2. The first kappa shape index (κ1) is 17.9. The van der Waals surface area contributed by atoms with Gasteiger partial charge in [-0.15, -0.1) is 0 Å². The number of rotatable bonds is 4. The van der Waals surface area contributed by atoms with Crippen molar-refractivity contribution >= 4 is 11.8 Å². The minimum Gasteiger partial charge on any atom is -0.381 e. The van der Waals surface area contributed by atoms with E-state index in [0.717, 1.165) is 18.5 Å². The van der Waals surface area contributed by atoms with Crippen molar-refractivity contribution in [3.05, 3.63) is 17.5 Å². The van der Waals surface area contributed by atoms with Crippen LogP contribution in [-0.4, -0.2) is 72.6 Å². The first-order valence-electron chi connectivity index (χ1n) is 8.91. The Morgan fingerprint density at radius 1 is 1.32 bits per heavy atom. The summed E-state index contributed by atoms with van der Waals surface area (Å²) < 4.78 is 12.7. The lowest BCUT2D eigenvalue weighted by Gasteiger charge is -2.32. The van der Waals surface area contributed by atoms with Gasteiger partial charge in [-0.2, -0.15) is 5.10 Å². The van der Waals surface area contributed by atoms with Crippen LogP contribution in [-0.2, 0) is 20.8 Å². The van der Waals surface area contributed by atoms with E-state index in [-0.39, 0.29) is 24.3 Å². The fraction of sp³-hybridized carbons (Fsp3) is 0.706. The van der Waals surface area contributed by atoms with Crippen LogP contribution in [0.1, 0.15) is 41.7 Å². The molecule has 0 spiro atoms. The van der Waals surface area contributed by atoms with Gasteiger partial charge in [0.25, 0.3) is 11.8 Å². The molecule has 2 aliphatic heterocycles. The van der Waals surface area contributed by atoms with Crippen LogP contribution >= 0.6 is 0 Å². The number of hydrogen-bond acceptors (Lipinski definition) is 5. The molecule has 3 rings (SSSR count). The Labute approximate surface area is 147 Å². The molecule has 8 heteroatoms. The quantitative estimate of drug-likeness (QED) is 0.849. The number of nitrogens with one attached hydrogen (secondary N) is 1. The number of morpholine rings is 1. The summed E-state index contributed by atoms with van der Waals surface area (Å²) in [7, 11) is 1.57. The van der Waals surface area contributed by atoms with Crippen molar-refractivity contribution in [3.8, 4) is 0 Å². The van der Waals surface area contributed by atoms with Crippen molar-refractivity contribution in [1.82, 2.24) is 20.0 Å². The molecule has 2 fully saturated rings. The van der Waals surface area contributed by atoms with Gasteiger partial charge in [-0.1, -0.05) is 0 Å². The molecule has 2 amide bonds. The zero-order chi connectivity index (χ0) is 17.8. The summed E-state index contributed by atoms with van der Waals surface area (Å²) in [6, 6.07) is 0. The summed E-state index contributed by atoms with van der Waals surface area (Å²) in [5.74, 6) is -0.0268. The molecule has 0 saturated carbocycles. The maximum atomic E-state index is 13.1. The van der Waals surface area contributed by atoms with Gasteiger partial charge in [-0.25, -0.2) is 0 Å². The molecular weight excluding hydrogens is 324 g/mol. The largest absolute Gasteiger partial charge is 0.381 e. The van der Waals surface area contributed by atoms with Gasteiger partial charge in [-0.05, 0) is 19.8 Å². The number of hydrogen-bond donors (Lipinski definition) is 1. The Morgan fingerprint density at radius 3 is 2.76 bits per heavy atom. The van der Waals surface area contributed by atoms with Crippen LogP contribution in [0, 0.1) is 0 Å². The van der Waals surface area contributed by atoms with Gasteiger partial charge in [0.05, 0.1) is 24.4 Å². The Bertz CT molecular complexity index is 624. The molecule has 8 nitrogen and oxygen atoms in total. The Kier molecular flexibility index (Phi) is 5.70. The number of carbonyl (C=O) groups excluding carboxylic acids is 2. The molecule has 0 aliphatic carbocycles. The molecule has 2 aliphatic rings. The second-order valence-corrected chi connectivity index (χ2v) is 6.40. The van der Waals surface area contributed by atoms with Gasteiger partial charge in [-0.3, -0.25) is 14.3 Å². The number of aromatic nitrogens is 2. The first-order valence-corrected chi connectivity index (χ1v) is 8.91. The fourth-order valence-electron chi connectivity index (χ4n) is 3.36. The van der Waals surface area contributed by atoms with Gasteiger partial charge in [0.2, 0.25) is 0 Å². The highest BCUT2D eigenvalue weighted by atomic mass is 16.5. The van der Waals surface area contributed by atoms with Gasteiger partial charge in [0.15, 0.2) is 6.10 Å². The smallest absolute Gasteiger partial charge is 0.257 e. The van der Waals surface area contributed by atoms with Crippen LogP contribution in [0.4, 0.5) is 0 Å². The van der Waals surface area contributed by atoms with Crippen LogP contribution in [0.25, 0.3) is 0 Å². The third kappa shape index (κ3) is 3.85. The number of carbonyl (C=O) groups is 2. The van der Waals surface area contributed by atoms with E-state index in [9.17, 15) is 9.59 Å². The molecule has 1 unspecified atom stereocenters. The Morgan fingerprint density at radius 2 is 2.08 bits per heavy atom. The molecule has 138 valence electrons. The summed E-state index contributed by atoms with van der Waals surface area (Å²) in [6.45, 7) is 5.23. The van der Waals surface area contributed by atoms with E-state index in [2.05, 4.69) is 10.4 Å². The highest BCUT2D eigenvalue weighted by Gasteiger charge is 2.32. The zero-order valence-electron chi connectivity index (χ0n) is 14.9. The highest BCUT2D eigenvalue weighted by Crippen LogP contribution is 2.29. The zero-order valence-corrected chi connectivity index (χ0v) is 14.9. The van der Waals surface area contributed by atoms with E-state index in [1.54, 1.807) is 11.9 Å². The number of aryl methyl sites for hydroxylation is 1. The molecule has 0 aromatic carbocycles. The van der Waals surface area contributed by atoms with Crippen molar-refractivity contribution in [3.63, 3.8) is 0 Å². The Hall–Kier alpha value is -1.93. The maximum absolute atomic E-state index is 13.1. The average Bonchev–Trinajstić information content (AvgIpc) is 3.12. The van der Waals surface area contributed by atoms with Crippen molar-refractivity contribution in [2.75, 3.05) is 40.0 Å². The summed E-state index contributed by atoms with van der Waals surface area (Å²) in [5, 5.41) is 7.22. The summed E-state index contributed by atoms with van der Waals surface area (Å²) >= 11 is 0. The third-order valence-electron chi connectivity index (χ3n) is 4.85. The molecule has 1 atom stereocenters. The van der Waals surface area contributed by atoms with Crippen LogP contribution in [0.3, 0.4) is 0 Å². The van der Waals surface area contributed by atoms with E-state index in [1.807, 2.05) is 17.8 Å². The van der Waals surface area contributed by atoms with Gasteiger partial charge >= 0.3 is 0 Å². The second kappa shape index (κ2) is 7.97. The van der Waals surface area contributed by atoms with Gasteiger partial charge < -0.3 is 19.7 Å². The van der Waals surface area contributed by atoms with E-state index in [0.29, 0.717) is 38.5 Å². The van der Waals surface area contributed by atoms with Gasteiger partial charge in [0.1, 0.15) is 0 Å². The summed E-state index contributed by atoms with van der Waals surface area (Å²) in [4.78, 5) is 26.6. The molecular formula is C17H26N4O4. The molecule has 25 heavy (non-hydrogen) atoms.